The number of aromatic nitrogens is 2. The van der Waals surface area contributed by atoms with Gasteiger partial charge in [0.05, 0.1) is 0 Å². The number of likely N-dealkylation sites (tertiary alicyclic amines) is 1. The molecule has 28 heavy (non-hydrogen) atoms. The zero-order valence-electron chi connectivity index (χ0n) is 15.5. The maximum atomic E-state index is 13.1. The van der Waals surface area contributed by atoms with E-state index in [1.165, 1.54) is 18.2 Å². The van der Waals surface area contributed by atoms with Crippen LogP contribution in [0.3, 0.4) is 0 Å². The Kier molecular flexibility index (Phi) is 4.93. The Morgan fingerprint density at radius 2 is 2.00 bits per heavy atom. The molecule has 1 saturated carbocycles. The fourth-order valence-electron chi connectivity index (χ4n) is 3.29. The molecule has 0 spiro atoms. The van der Waals surface area contributed by atoms with Crippen molar-refractivity contribution in [3.8, 4) is 0 Å². The van der Waals surface area contributed by atoms with E-state index in [0.717, 1.165) is 30.4 Å². The molecule has 1 aromatic carbocycles. The molecule has 1 N–H and O–H groups in total. The van der Waals surface area contributed by atoms with Gasteiger partial charge >= 0.3 is 0 Å². The number of hydrogen-bond donors (Lipinski definition) is 1. The van der Waals surface area contributed by atoms with E-state index in [1.807, 2.05) is 6.92 Å². The number of benzene rings is 1. The fourth-order valence-corrected chi connectivity index (χ4v) is 3.29. The molecule has 0 bridgehead atoms. The number of carbonyl (C=O) groups is 2. The third-order valence-corrected chi connectivity index (χ3v) is 5.02. The quantitative estimate of drug-likeness (QED) is 0.801. The Hall–Kier alpha value is -3.03. The van der Waals surface area contributed by atoms with E-state index in [9.17, 15) is 14.0 Å². The predicted octanol–water partition coefficient (Wildman–Crippen LogP) is 2.87. The Balaban J connectivity index is 1.47. The second-order valence-corrected chi connectivity index (χ2v) is 7.23. The van der Waals surface area contributed by atoms with Crippen LogP contribution in [0.2, 0.25) is 0 Å². The molecule has 2 aromatic rings. The van der Waals surface area contributed by atoms with E-state index < -0.39 is 0 Å². The normalized spacial score (nSPS) is 19.7. The molecule has 0 radical (unpaired) electrons. The summed E-state index contributed by atoms with van der Waals surface area (Å²) in [4.78, 5) is 30.7. The van der Waals surface area contributed by atoms with Crippen LogP contribution < -0.4 is 5.32 Å². The first-order valence-corrected chi connectivity index (χ1v) is 9.40. The molecule has 1 unspecified atom stereocenters. The van der Waals surface area contributed by atoms with Gasteiger partial charge in [-0.2, -0.15) is 4.98 Å². The van der Waals surface area contributed by atoms with Crippen LogP contribution in [-0.4, -0.2) is 39.4 Å². The summed E-state index contributed by atoms with van der Waals surface area (Å²) in [6.45, 7) is 2.38. The largest absolute Gasteiger partial charge is 0.346 e. The number of nitrogens with zero attached hydrogens (tertiary/aromatic N) is 3. The van der Waals surface area contributed by atoms with E-state index in [1.54, 1.807) is 17.0 Å². The topological polar surface area (TPSA) is 88.3 Å². The SMILES string of the molecule is C/C(=C\C(=O)N1CCCC1c1nc(C(=O)NC2CC2)no1)c1ccc(F)cc1. The summed E-state index contributed by atoms with van der Waals surface area (Å²) in [5.41, 5.74) is 1.52. The highest BCUT2D eigenvalue weighted by atomic mass is 19.1. The van der Waals surface area contributed by atoms with Crippen molar-refractivity contribution >= 4 is 17.4 Å². The third-order valence-electron chi connectivity index (χ3n) is 5.02. The average molecular weight is 384 g/mol. The predicted molar refractivity (Wildman–Crippen MR) is 98.5 cm³/mol. The van der Waals surface area contributed by atoms with Crippen molar-refractivity contribution in [2.75, 3.05) is 6.54 Å². The zero-order valence-corrected chi connectivity index (χ0v) is 15.5. The molecule has 1 aromatic heterocycles. The first kappa shape index (κ1) is 18.3. The van der Waals surface area contributed by atoms with Gasteiger partial charge in [0.1, 0.15) is 11.9 Å². The van der Waals surface area contributed by atoms with Crippen LogP contribution in [0.25, 0.3) is 5.57 Å². The summed E-state index contributed by atoms with van der Waals surface area (Å²) in [5.74, 6) is -0.564. The van der Waals surface area contributed by atoms with Gasteiger partial charge in [0.2, 0.25) is 11.8 Å². The van der Waals surface area contributed by atoms with Crippen molar-refractivity contribution < 1.29 is 18.5 Å². The lowest BCUT2D eigenvalue weighted by Crippen LogP contribution is -2.29. The minimum atomic E-state index is -0.347. The first-order valence-electron chi connectivity index (χ1n) is 9.40. The van der Waals surface area contributed by atoms with Gasteiger partial charge in [-0.1, -0.05) is 17.3 Å². The molecule has 4 rings (SSSR count). The minimum absolute atomic E-state index is 0.000709. The van der Waals surface area contributed by atoms with Gasteiger partial charge in [-0.3, -0.25) is 9.59 Å². The number of allylic oxidation sites excluding steroid dienone is 1. The lowest BCUT2D eigenvalue weighted by molar-refractivity contribution is -0.127. The van der Waals surface area contributed by atoms with Crippen molar-refractivity contribution in [3.05, 3.63) is 53.4 Å². The summed E-state index contributed by atoms with van der Waals surface area (Å²) < 4.78 is 18.4. The van der Waals surface area contributed by atoms with Gasteiger partial charge in [0, 0.05) is 18.7 Å². The molecule has 2 heterocycles. The van der Waals surface area contributed by atoms with Crippen LogP contribution in [0.5, 0.6) is 0 Å². The van der Waals surface area contributed by atoms with Gasteiger partial charge in [-0.05, 0) is 55.9 Å². The second-order valence-electron chi connectivity index (χ2n) is 7.23. The molecular weight excluding hydrogens is 363 g/mol. The van der Waals surface area contributed by atoms with E-state index in [2.05, 4.69) is 15.5 Å². The Morgan fingerprint density at radius 3 is 2.71 bits per heavy atom. The number of halogens is 1. The summed E-state index contributed by atoms with van der Waals surface area (Å²) in [6.07, 6.45) is 4.98. The molecule has 1 saturated heterocycles. The van der Waals surface area contributed by atoms with Gasteiger partial charge in [-0.15, -0.1) is 0 Å². The summed E-state index contributed by atoms with van der Waals surface area (Å²) in [6, 6.07) is 5.86. The zero-order chi connectivity index (χ0) is 19.7. The molecule has 2 amide bonds. The van der Waals surface area contributed by atoms with Crippen LogP contribution in [-0.2, 0) is 4.79 Å². The lowest BCUT2D eigenvalue weighted by Gasteiger charge is -2.20. The standard InChI is InChI=1S/C20H21FN4O3/c1-12(13-4-6-14(21)7-5-13)11-17(26)25-10-2-3-16(25)20-23-18(24-28-20)19(27)22-15-8-9-15/h4-7,11,15-16H,2-3,8-10H2,1H3,(H,22,27)/b12-11+. The highest BCUT2D eigenvalue weighted by Gasteiger charge is 2.34. The maximum Gasteiger partial charge on any atom is 0.292 e. The number of rotatable bonds is 5. The molecule has 2 fully saturated rings. The van der Waals surface area contributed by atoms with Gasteiger partial charge in [0.15, 0.2) is 0 Å². The van der Waals surface area contributed by atoms with Crippen molar-refractivity contribution in [3.63, 3.8) is 0 Å². The van der Waals surface area contributed by atoms with Crippen molar-refractivity contribution in [2.45, 2.75) is 44.7 Å². The number of amides is 2. The number of hydrogen-bond acceptors (Lipinski definition) is 5. The number of carbonyl (C=O) groups excluding carboxylic acids is 2. The van der Waals surface area contributed by atoms with Crippen LogP contribution in [0.1, 0.15) is 60.7 Å². The van der Waals surface area contributed by atoms with Gasteiger partial charge in [0.25, 0.3) is 11.7 Å². The Labute approximate surface area is 161 Å². The van der Waals surface area contributed by atoms with Crippen molar-refractivity contribution in [2.24, 2.45) is 0 Å². The third kappa shape index (κ3) is 3.95. The molecular formula is C20H21FN4O3. The smallest absolute Gasteiger partial charge is 0.292 e. The molecule has 1 aliphatic carbocycles. The van der Waals surface area contributed by atoms with Crippen LogP contribution in [0.4, 0.5) is 4.39 Å². The van der Waals surface area contributed by atoms with Crippen LogP contribution >= 0.6 is 0 Å². The van der Waals surface area contributed by atoms with Crippen LogP contribution in [0.15, 0.2) is 34.9 Å². The Morgan fingerprint density at radius 1 is 1.25 bits per heavy atom. The summed E-state index contributed by atoms with van der Waals surface area (Å²) >= 11 is 0. The van der Waals surface area contributed by atoms with Crippen molar-refractivity contribution in [1.82, 2.24) is 20.4 Å². The van der Waals surface area contributed by atoms with Gasteiger partial charge < -0.3 is 14.7 Å². The van der Waals surface area contributed by atoms with E-state index in [4.69, 9.17) is 4.52 Å². The summed E-state index contributed by atoms with van der Waals surface area (Å²) in [7, 11) is 0. The lowest BCUT2D eigenvalue weighted by atomic mass is 10.1. The Bertz CT molecular complexity index is 918. The fraction of sp³-hybridized carbons (Fsp3) is 0.400. The first-order chi connectivity index (χ1) is 13.5. The molecule has 2 aliphatic rings. The highest BCUT2D eigenvalue weighted by molar-refractivity contribution is 5.95. The monoisotopic (exact) mass is 384 g/mol. The maximum absolute atomic E-state index is 13.1. The van der Waals surface area contributed by atoms with Gasteiger partial charge in [-0.25, -0.2) is 4.39 Å². The number of nitrogens with one attached hydrogen (secondary N) is 1. The molecule has 1 atom stereocenters. The minimum Gasteiger partial charge on any atom is -0.346 e. The van der Waals surface area contributed by atoms with E-state index >= 15 is 0 Å². The molecule has 1 aliphatic heterocycles. The van der Waals surface area contributed by atoms with Crippen molar-refractivity contribution in [1.29, 1.82) is 0 Å². The molecule has 146 valence electrons. The van der Waals surface area contributed by atoms with E-state index in [0.29, 0.717) is 13.0 Å². The highest BCUT2D eigenvalue weighted by Crippen LogP contribution is 2.31. The average Bonchev–Trinajstić information content (AvgIpc) is 3.17. The molecule has 8 heteroatoms. The molecule has 7 nitrogen and oxygen atoms in total. The summed E-state index contributed by atoms with van der Waals surface area (Å²) in [5, 5.41) is 6.58. The van der Waals surface area contributed by atoms with Crippen LogP contribution in [0, 0.1) is 5.82 Å². The van der Waals surface area contributed by atoms with E-state index in [-0.39, 0.29) is 41.4 Å². The second kappa shape index (κ2) is 7.53.